The fourth-order valence-corrected chi connectivity index (χ4v) is 2.54. The van der Waals surface area contributed by atoms with Crippen molar-refractivity contribution in [3.63, 3.8) is 0 Å². The lowest BCUT2D eigenvalue weighted by molar-refractivity contribution is 0.250. The quantitative estimate of drug-likeness (QED) is 0.824. The molecule has 3 nitrogen and oxygen atoms in total. The number of likely N-dealkylation sites (N-methyl/N-ethyl adjacent to an activating group) is 1. The summed E-state index contributed by atoms with van der Waals surface area (Å²) in [6.07, 6.45) is 9.37. The summed E-state index contributed by atoms with van der Waals surface area (Å²) in [5.41, 5.74) is 1.26. The van der Waals surface area contributed by atoms with Crippen LogP contribution in [-0.4, -0.2) is 22.4 Å². The van der Waals surface area contributed by atoms with Crippen molar-refractivity contribution in [2.75, 3.05) is 6.54 Å². The molecule has 0 radical (unpaired) electrons. The maximum Gasteiger partial charge on any atom is 0.0672 e. The predicted octanol–water partition coefficient (Wildman–Crippen LogP) is 2.28. The number of hydrogen-bond acceptors (Lipinski definition) is 2. The van der Waals surface area contributed by atoms with Crippen molar-refractivity contribution in [1.82, 2.24) is 15.1 Å². The van der Waals surface area contributed by atoms with Gasteiger partial charge in [-0.15, -0.1) is 0 Å². The van der Waals surface area contributed by atoms with Crippen LogP contribution in [0.1, 0.15) is 44.2 Å². The molecular formula is C12H21N3. The van der Waals surface area contributed by atoms with Gasteiger partial charge in [-0.1, -0.05) is 19.8 Å². The van der Waals surface area contributed by atoms with Gasteiger partial charge in [-0.05, 0) is 31.9 Å². The molecule has 1 saturated carbocycles. The van der Waals surface area contributed by atoms with Gasteiger partial charge in [0.15, 0.2) is 0 Å². The summed E-state index contributed by atoms with van der Waals surface area (Å²) >= 11 is 0. The zero-order valence-electron chi connectivity index (χ0n) is 9.74. The van der Waals surface area contributed by atoms with Gasteiger partial charge >= 0.3 is 0 Å². The van der Waals surface area contributed by atoms with Crippen molar-refractivity contribution in [2.45, 2.75) is 51.6 Å². The summed E-state index contributed by atoms with van der Waals surface area (Å²) in [6.45, 7) is 5.34. The first-order valence-corrected chi connectivity index (χ1v) is 6.05. The van der Waals surface area contributed by atoms with Crippen molar-refractivity contribution in [2.24, 2.45) is 0 Å². The fraction of sp³-hybridized carbons (Fsp3) is 0.750. The van der Waals surface area contributed by atoms with E-state index in [1.165, 1.54) is 31.2 Å². The Balaban J connectivity index is 2.10. The summed E-state index contributed by atoms with van der Waals surface area (Å²) in [4.78, 5) is 0. The normalized spacial score (nSPS) is 26.8. The molecule has 1 N–H and O–H groups in total. The molecule has 3 heteroatoms. The van der Waals surface area contributed by atoms with Crippen molar-refractivity contribution in [3.05, 3.63) is 18.0 Å². The molecule has 1 aromatic heterocycles. The smallest absolute Gasteiger partial charge is 0.0672 e. The lowest BCUT2D eigenvalue weighted by atomic mass is 9.90. The van der Waals surface area contributed by atoms with Crippen LogP contribution in [-0.2, 0) is 0 Å². The molecule has 2 atom stereocenters. The van der Waals surface area contributed by atoms with Crippen LogP contribution in [0.5, 0.6) is 0 Å². The second kappa shape index (κ2) is 4.79. The van der Waals surface area contributed by atoms with E-state index < -0.39 is 0 Å². The molecule has 0 spiro atoms. The number of nitrogens with zero attached hydrogens (tertiary/aromatic N) is 2. The summed E-state index contributed by atoms with van der Waals surface area (Å²) in [5, 5.41) is 8.03. The van der Waals surface area contributed by atoms with Crippen LogP contribution in [0, 0.1) is 6.92 Å². The minimum atomic E-state index is 0.562. The standard InChI is InChI=1S/C12H21N3/c1-3-13-11-6-4-5-7-12(11)15-9-10(2)8-14-15/h8-9,11-13H,3-7H2,1-2H3. The monoisotopic (exact) mass is 207 g/mol. The van der Waals surface area contributed by atoms with Crippen LogP contribution in [0.3, 0.4) is 0 Å². The molecule has 0 saturated heterocycles. The molecule has 1 aliphatic carbocycles. The predicted molar refractivity (Wildman–Crippen MR) is 61.9 cm³/mol. The Kier molecular flexibility index (Phi) is 3.41. The van der Waals surface area contributed by atoms with Crippen molar-refractivity contribution >= 4 is 0 Å². The summed E-state index contributed by atoms with van der Waals surface area (Å²) in [5.74, 6) is 0. The molecule has 15 heavy (non-hydrogen) atoms. The van der Waals surface area contributed by atoms with E-state index in [1.54, 1.807) is 0 Å². The Bertz CT molecular complexity index is 304. The maximum absolute atomic E-state index is 4.45. The zero-order chi connectivity index (χ0) is 10.7. The van der Waals surface area contributed by atoms with Crippen LogP contribution in [0.15, 0.2) is 12.4 Å². The van der Waals surface area contributed by atoms with Gasteiger partial charge in [-0.2, -0.15) is 5.10 Å². The van der Waals surface area contributed by atoms with Crippen molar-refractivity contribution in [3.8, 4) is 0 Å². The molecule has 0 aliphatic heterocycles. The highest BCUT2D eigenvalue weighted by molar-refractivity contribution is 5.01. The van der Waals surface area contributed by atoms with Crippen LogP contribution in [0.4, 0.5) is 0 Å². The van der Waals surface area contributed by atoms with Gasteiger partial charge in [0.1, 0.15) is 0 Å². The molecule has 84 valence electrons. The molecule has 1 fully saturated rings. The second-order valence-corrected chi connectivity index (χ2v) is 4.51. The third-order valence-electron chi connectivity index (χ3n) is 3.27. The number of hydrogen-bond donors (Lipinski definition) is 1. The molecule has 2 unspecified atom stereocenters. The second-order valence-electron chi connectivity index (χ2n) is 4.51. The number of aromatic nitrogens is 2. The van der Waals surface area contributed by atoms with Gasteiger partial charge in [-0.25, -0.2) is 0 Å². The topological polar surface area (TPSA) is 29.9 Å². The average Bonchev–Trinajstić information content (AvgIpc) is 2.66. The largest absolute Gasteiger partial charge is 0.312 e. The van der Waals surface area contributed by atoms with Gasteiger partial charge in [0.2, 0.25) is 0 Å². The zero-order valence-corrected chi connectivity index (χ0v) is 9.74. The number of rotatable bonds is 3. The summed E-state index contributed by atoms with van der Waals surface area (Å²) < 4.78 is 2.15. The van der Waals surface area contributed by atoms with Gasteiger partial charge in [0.25, 0.3) is 0 Å². The Morgan fingerprint density at radius 2 is 2.27 bits per heavy atom. The van der Waals surface area contributed by atoms with Gasteiger partial charge in [-0.3, -0.25) is 4.68 Å². The van der Waals surface area contributed by atoms with Crippen molar-refractivity contribution < 1.29 is 0 Å². The van der Waals surface area contributed by atoms with E-state index in [0.29, 0.717) is 12.1 Å². The van der Waals surface area contributed by atoms with Crippen molar-refractivity contribution in [1.29, 1.82) is 0 Å². The van der Waals surface area contributed by atoms with E-state index in [1.807, 2.05) is 6.20 Å². The number of nitrogens with one attached hydrogen (secondary N) is 1. The minimum Gasteiger partial charge on any atom is -0.312 e. The van der Waals surface area contributed by atoms with Gasteiger partial charge < -0.3 is 5.32 Å². The van der Waals surface area contributed by atoms with E-state index in [9.17, 15) is 0 Å². The SMILES string of the molecule is CCNC1CCCCC1n1cc(C)cn1. The highest BCUT2D eigenvalue weighted by Gasteiger charge is 2.25. The third kappa shape index (κ3) is 2.40. The first-order valence-electron chi connectivity index (χ1n) is 6.05. The Hall–Kier alpha value is -0.830. The lowest BCUT2D eigenvalue weighted by Gasteiger charge is -2.32. The Labute approximate surface area is 91.9 Å². The van der Waals surface area contributed by atoms with E-state index in [4.69, 9.17) is 0 Å². The molecule has 1 aliphatic rings. The van der Waals surface area contributed by atoms with Crippen LogP contribution in [0.25, 0.3) is 0 Å². The molecule has 1 aromatic rings. The molecule has 0 amide bonds. The van der Waals surface area contributed by atoms with E-state index in [-0.39, 0.29) is 0 Å². The van der Waals surface area contributed by atoms with E-state index in [2.05, 4.69) is 35.1 Å². The van der Waals surface area contributed by atoms with Crippen LogP contribution in [0.2, 0.25) is 0 Å². The first kappa shape index (κ1) is 10.7. The lowest BCUT2D eigenvalue weighted by Crippen LogP contribution is -2.39. The van der Waals surface area contributed by atoms with E-state index in [0.717, 1.165) is 6.54 Å². The van der Waals surface area contributed by atoms with E-state index >= 15 is 0 Å². The maximum atomic E-state index is 4.45. The highest BCUT2D eigenvalue weighted by Crippen LogP contribution is 2.28. The van der Waals surface area contributed by atoms with Gasteiger partial charge in [0, 0.05) is 12.2 Å². The third-order valence-corrected chi connectivity index (χ3v) is 3.27. The Morgan fingerprint density at radius 3 is 2.93 bits per heavy atom. The minimum absolute atomic E-state index is 0.562. The summed E-state index contributed by atoms with van der Waals surface area (Å²) in [7, 11) is 0. The molecular weight excluding hydrogens is 186 g/mol. The van der Waals surface area contributed by atoms with Gasteiger partial charge in [0.05, 0.1) is 12.2 Å². The molecule has 2 rings (SSSR count). The molecule has 1 heterocycles. The highest BCUT2D eigenvalue weighted by atomic mass is 15.3. The average molecular weight is 207 g/mol. The number of aryl methyl sites for hydroxylation is 1. The fourth-order valence-electron chi connectivity index (χ4n) is 2.54. The summed E-state index contributed by atoms with van der Waals surface area (Å²) in [6, 6.07) is 1.18. The van der Waals surface area contributed by atoms with Crippen LogP contribution < -0.4 is 5.32 Å². The first-order chi connectivity index (χ1) is 7.31. The van der Waals surface area contributed by atoms with Crippen LogP contribution >= 0.6 is 0 Å². The molecule has 0 bridgehead atoms. The Morgan fingerprint density at radius 1 is 1.47 bits per heavy atom. The molecule has 0 aromatic carbocycles.